The smallest absolute Gasteiger partial charge is 0.136 e. The number of fused-ring (bicyclic) bond motifs is 5. The lowest BCUT2D eigenvalue weighted by Crippen LogP contribution is -2.42. The van der Waals surface area contributed by atoms with Crippen LogP contribution in [0.5, 0.6) is 5.75 Å². The van der Waals surface area contributed by atoms with Gasteiger partial charge in [0.1, 0.15) is 58.2 Å². The lowest BCUT2D eigenvalue weighted by molar-refractivity contribution is 0.484. The van der Waals surface area contributed by atoms with E-state index in [1.54, 1.807) is 0 Å². The quantitative estimate of drug-likeness (QED) is 0.204. The maximum absolute atomic E-state index is 10.3. The third-order valence-corrected chi connectivity index (χ3v) is 10.2. The van der Waals surface area contributed by atoms with Gasteiger partial charge in [-0.3, -0.25) is 0 Å². The monoisotopic (exact) mass is 666 g/mol. The van der Waals surface area contributed by atoms with Crippen molar-refractivity contribution >= 4 is 129 Å². The lowest BCUT2D eigenvalue weighted by atomic mass is 9.65. The second-order valence-electron chi connectivity index (χ2n) is 13.8. The number of rotatable bonds is 3. The normalized spacial score (nSPS) is 16.6. The highest BCUT2D eigenvalue weighted by atomic mass is 16.3. The van der Waals surface area contributed by atoms with Crippen molar-refractivity contribution in [3.8, 4) is 28.0 Å². The molecule has 53 heavy (non-hydrogen) atoms. The number of benzene rings is 6. The molecule has 1 atom stereocenters. The van der Waals surface area contributed by atoms with E-state index in [1.165, 1.54) is 0 Å². The minimum atomic E-state index is -0.332. The average Bonchev–Trinajstić information content (AvgIpc) is 3.52. The average molecular weight is 666 g/mol. The molecule has 0 saturated carbocycles. The minimum Gasteiger partial charge on any atom is -0.509 e. The Hall–Kier alpha value is -5.47. The third kappa shape index (κ3) is 5.67. The zero-order valence-corrected chi connectivity index (χ0v) is 29.5. The van der Waals surface area contributed by atoms with E-state index in [1.807, 2.05) is 66.7 Å². The summed E-state index contributed by atoms with van der Waals surface area (Å²) in [5, 5.41) is 15.9. The molecule has 1 aliphatic carbocycles. The molecule has 0 spiro atoms. The van der Waals surface area contributed by atoms with Gasteiger partial charge >= 0.3 is 0 Å². The summed E-state index contributed by atoms with van der Waals surface area (Å²) in [7, 11) is 38.8. The van der Waals surface area contributed by atoms with E-state index in [0.29, 0.717) is 33.2 Å². The molecule has 7 aromatic rings. The first-order valence-corrected chi connectivity index (χ1v) is 17.3. The topological polar surface area (TPSA) is 33.4 Å². The van der Waals surface area contributed by atoms with Crippen molar-refractivity contribution in [2.24, 2.45) is 5.92 Å². The fourth-order valence-corrected chi connectivity index (χ4v) is 7.79. The van der Waals surface area contributed by atoms with Gasteiger partial charge < -0.3 is 9.52 Å². The van der Waals surface area contributed by atoms with Crippen LogP contribution in [0.4, 0.5) is 0 Å². The predicted octanol–water partition coefficient (Wildman–Crippen LogP) is 5.34. The van der Waals surface area contributed by atoms with E-state index in [-0.39, 0.29) is 33.5 Å². The highest BCUT2D eigenvalue weighted by Crippen LogP contribution is 2.45. The molecule has 0 bridgehead atoms. The van der Waals surface area contributed by atoms with Crippen molar-refractivity contribution in [1.29, 1.82) is 0 Å². The molecule has 0 saturated heterocycles. The van der Waals surface area contributed by atoms with E-state index in [4.69, 9.17) is 51.5 Å². The molecule has 1 N–H and O–H groups in total. The van der Waals surface area contributed by atoms with Crippen LogP contribution in [0.1, 0.15) is 19.4 Å². The zero-order chi connectivity index (χ0) is 37.3. The fraction of sp³-hybridized carbons (Fsp3) is 0.0667. The molecule has 1 aliphatic rings. The fourth-order valence-electron chi connectivity index (χ4n) is 7.79. The Kier molecular flexibility index (Phi) is 8.61. The molecule has 1 heterocycles. The van der Waals surface area contributed by atoms with Crippen molar-refractivity contribution in [3.05, 3.63) is 133 Å². The number of hydrogen-bond donors (Lipinski definition) is 1. The third-order valence-electron chi connectivity index (χ3n) is 10.2. The molecule has 2 nitrogen and oxygen atoms in total. The molecule has 0 fully saturated rings. The van der Waals surface area contributed by atoms with Crippen molar-refractivity contribution in [1.82, 2.24) is 0 Å². The van der Waals surface area contributed by atoms with Gasteiger partial charge in [0.05, 0.1) is 5.75 Å². The Bertz CT molecular complexity index is 2760. The van der Waals surface area contributed by atoms with Crippen LogP contribution in [-0.2, 0) is 0 Å². The van der Waals surface area contributed by atoms with Crippen LogP contribution >= 0.6 is 0 Å². The van der Waals surface area contributed by atoms with Crippen LogP contribution in [0.25, 0.3) is 71.3 Å². The summed E-state index contributed by atoms with van der Waals surface area (Å²) in [6.45, 7) is 8.53. The van der Waals surface area contributed by atoms with E-state index in [0.717, 1.165) is 65.7 Å². The highest BCUT2D eigenvalue weighted by molar-refractivity contribution is 6.61. The van der Waals surface area contributed by atoms with Gasteiger partial charge in [-0.15, -0.1) is 0 Å². The molecule has 8 rings (SSSR count). The molecule has 0 aliphatic heterocycles. The molecule has 238 valence electrons. The van der Waals surface area contributed by atoms with E-state index in [9.17, 15) is 5.11 Å². The molecule has 12 radical (unpaired) electrons. The first kappa shape index (κ1) is 34.6. The second kappa shape index (κ2) is 13.2. The Balaban J connectivity index is 1.45. The number of hydrogen-bond acceptors (Lipinski definition) is 2. The van der Waals surface area contributed by atoms with Crippen molar-refractivity contribution in [2.75, 3.05) is 0 Å². The van der Waals surface area contributed by atoms with E-state index >= 15 is 0 Å². The predicted molar refractivity (Wildman–Crippen MR) is 232 cm³/mol. The summed E-state index contributed by atoms with van der Waals surface area (Å²) in [4.78, 5) is 0. The summed E-state index contributed by atoms with van der Waals surface area (Å²) in [6.07, 6.45) is 12.8. The second-order valence-corrected chi connectivity index (χ2v) is 13.8. The number of phenols is 1. The standard InChI is InChI=1S/C45H28B6O2/c1-22-13-14-23(2)19-24(3)20-25(16-15-22)35-39-29(7-4-10-31(39)46)37(30-8-5-11-32(47)40(30)35)28-9-6-12-33-38(28)27-18-17-26(21-34(27)53-33)36-41(48)43(50)45(52)44(51)42(36)49/h4-21,24,52H,1H2,2-3H3/b14-13-,16-15?,23-19-,25-20?. The maximum atomic E-state index is 10.3. The summed E-state index contributed by atoms with van der Waals surface area (Å²) in [5.41, 5.74) is 9.86. The lowest BCUT2D eigenvalue weighted by Gasteiger charge is -2.22. The van der Waals surface area contributed by atoms with E-state index in [2.05, 4.69) is 62.9 Å². The van der Waals surface area contributed by atoms with Crippen LogP contribution in [0, 0.1) is 5.92 Å². The van der Waals surface area contributed by atoms with Gasteiger partial charge in [-0.05, 0) is 91.5 Å². The number of furan rings is 1. The van der Waals surface area contributed by atoms with Crippen LogP contribution < -0.4 is 32.8 Å². The summed E-state index contributed by atoms with van der Waals surface area (Å²) in [6, 6.07) is 23.9. The van der Waals surface area contributed by atoms with Gasteiger partial charge in [0.2, 0.25) is 0 Å². The van der Waals surface area contributed by atoms with Crippen LogP contribution in [0.2, 0.25) is 0 Å². The molecular formula is C45H28B6O2. The van der Waals surface area contributed by atoms with Gasteiger partial charge in [0.15, 0.2) is 0 Å². The number of aromatic hydroxyl groups is 1. The molecule has 1 aromatic heterocycles. The highest BCUT2D eigenvalue weighted by Gasteiger charge is 2.23. The molecule has 0 amide bonds. The Morgan fingerprint density at radius 2 is 1.23 bits per heavy atom. The number of phenolic OH excluding ortho intramolecular Hbond substituents is 1. The summed E-state index contributed by atoms with van der Waals surface area (Å²) in [5.74, 6) is -0.205. The Morgan fingerprint density at radius 3 is 1.89 bits per heavy atom. The van der Waals surface area contributed by atoms with Crippen LogP contribution in [0.15, 0.2) is 131 Å². The van der Waals surface area contributed by atoms with Crippen molar-refractivity contribution in [3.63, 3.8) is 0 Å². The summed E-state index contributed by atoms with van der Waals surface area (Å²) < 4.78 is 6.53. The summed E-state index contributed by atoms with van der Waals surface area (Å²) >= 11 is 0. The van der Waals surface area contributed by atoms with Gasteiger partial charge in [0.25, 0.3) is 0 Å². The molecule has 8 heteroatoms. The van der Waals surface area contributed by atoms with Crippen molar-refractivity contribution in [2.45, 2.75) is 13.8 Å². The minimum absolute atomic E-state index is 0.0287. The largest absolute Gasteiger partial charge is 0.509 e. The van der Waals surface area contributed by atoms with Crippen LogP contribution in [0.3, 0.4) is 0 Å². The van der Waals surface area contributed by atoms with Crippen LogP contribution in [-0.4, -0.2) is 52.2 Å². The molecular weight excluding hydrogens is 637 g/mol. The van der Waals surface area contributed by atoms with Crippen molar-refractivity contribution < 1.29 is 9.52 Å². The molecule has 1 unspecified atom stereocenters. The van der Waals surface area contributed by atoms with Gasteiger partial charge in [-0.1, -0.05) is 143 Å². The van der Waals surface area contributed by atoms with Gasteiger partial charge in [-0.25, -0.2) is 0 Å². The Labute approximate surface area is 317 Å². The van der Waals surface area contributed by atoms with E-state index < -0.39 is 0 Å². The molecule has 6 aromatic carbocycles. The SMILES string of the molecule is [B]c1c([B])c(-c2ccc3c(c2)oc2cccc(-c4c5cccc([B])c5c(C5=CC(C)/C=C(C)\C=C/C(=C)C=C5)c5c([B])cccc45)c23)c([B])c([B])c1O. The van der Waals surface area contributed by atoms with Gasteiger partial charge in [-0.2, -0.15) is 0 Å². The number of allylic oxidation sites excluding steroid dienone is 9. The maximum Gasteiger partial charge on any atom is 0.136 e. The first-order chi connectivity index (χ1) is 25.4. The zero-order valence-electron chi connectivity index (χ0n) is 29.5. The Morgan fingerprint density at radius 1 is 0.604 bits per heavy atom. The first-order valence-electron chi connectivity index (χ1n) is 17.3. The van der Waals surface area contributed by atoms with Gasteiger partial charge in [0, 0.05) is 10.8 Å².